The number of hydrogen-bond acceptors (Lipinski definition) is 7. The van der Waals surface area contributed by atoms with Gasteiger partial charge in [-0.3, -0.25) is 18.4 Å². The van der Waals surface area contributed by atoms with E-state index in [4.69, 9.17) is 18.7 Å². The summed E-state index contributed by atoms with van der Waals surface area (Å²) in [5, 5.41) is 0. The molecule has 1 saturated heterocycles. The Labute approximate surface area is 139 Å². The first kappa shape index (κ1) is 19.3. The lowest BCUT2D eigenvalue weighted by atomic mass is 10.0. The summed E-state index contributed by atoms with van der Waals surface area (Å²) >= 11 is 0. The molecule has 0 saturated carbocycles. The first-order valence-corrected chi connectivity index (χ1v) is 8.82. The summed E-state index contributed by atoms with van der Waals surface area (Å²) < 4.78 is 39.3. The lowest BCUT2D eigenvalue weighted by Crippen LogP contribution is -2.50. The molecule has 136 valence electrons. The molecular formula is C14H22NO8P. The summed E-state index contributed by atoms with van der Waals surface area (Å²) in [6.07, 6.45) is 0.0306. The molecule has 1 aromatic heterocycles. The van der Waals surface area contributed by atoms with Crippen molar-refractivity contribution in [1.82, 2.24) is 4.57 Å². The van der Waals surface area contributed by atoms with Crippen molar-refractivity contribution in [1.29, 1.82) is 0 Å². The highest BCUT2D eigenvalue weighted by Gasteiger charge is 2.50. The van der Waals surface area contributed by atoms with Crippen LogP contribution in [0.2, 0.25) is 0 Å². The predicted octanol–water partition coefficient (Wildman–Crippen LogP) is 0.931. The fourth-order valence-electron chi connectivity index (χ4n) is 2.57. The molecule has 1 N–H and O–H groups in total. The Hall–Kier alpha value is -1.06. The molecule has 2 unspecified atom stereocenters. The molecule has 0 radical (unpaired) electrons. The average molecular weight is 363 g/mol. The molecule has 4 atom stereocenters. The van der Waals surface area contributed by atoms with Crippen LogP contribution in [0.25, 0.3) is 0 Å². The van der Waals surface area contributed by atoms with E-state index in [9.17, 15) is 14.3 Å². The summed E-state index contributed by atoms with van der Waals surface area (Å²) in [4.78, 5) is 21.5. The Kier molecular flexibility index (Phi) is 6.33. The van der Waals surface area contributed by atoms with Crippen LogP contribution >= 0.6 is 7.82 Å². The molecule has 2 rings (SSSR count). The summed E-state index contributed by atoms with van der Waals surface area (Å²) in [5.41, 5.74) is -1.39. The van der Waals surface area contributed by atoms with Gasteiger partial charge in [-0.25, -0.2) is 4.57 Å². The number of pyridine rings is 1. The molecule has 0 bridgehead atoms. The van der Waals surface area contributed by atoms with E-state index in [0.29, 0.717) is 0 Å². The molecule has 24 heavy (non-hydrogen) atoms. The van der Waals surface area contributed by atoms with Crippen molar-refractivity contribution in [2.45, 2.75) is 24.9 Å². The zero-order chi connectivity index (χ0) is 17.8. The molecule has 0 spiro atoms. The van der Waals surface area contributed by atoms with Crippen LogP contribution in [0.1, 0.15) is 13.2 Å². The van der Waals surface area contributed by atoms with Crippen LogP contribution in [0.3, 0.4) is 0 Å². The highest BCUT2D eigenvalue weighted by molar-refractivity contribution is 7.47. The number of aromatic nitrogens is 1. The van der Waals surface area contributed by atoms with Crippen LogP contribution in [0.5, 0.6) is 0 Å². The van der Waals surface area contributed by atoms with Crippen molar-refractivity contribution in [2.24, 2.45) is 0 Å². The van der Waals surface area contributed by atoms with Crippen LogP contribution in [-0.2, 0) is 27.8 Å². The molecule has 0 amide bonds. The zero-order valence-corrected chi connectivity index (χ0v) is 14.7. The van der Waals surface area contributed by atoms with Crippen LogP contribution in [0.4, 0.5) is 0 Å². The maximum absolute atomic E-state index is 11.9. The van der Waals surface area contributed by atoms with E-state index in [2.05, 4.69) is 4.52 Å². The minimum atomic E-state index is -4.24. The van der Waals surface area contributed by atoms with Crippen molar-refractivity contribution in [3.8, 4) is 0 Å². The van der Waals surface area contributed by atoms with E-state index in [1.54, 1.807) is 25.3 Å². The number of nitrogens with zero attached hydrogens (tertiary/aromatic N) is 1. The molecule has 1 fully saturated rings. The number of phosphoric ester groups is 1. The fourth-order valence-corrected chi connectivity index (χ4v) is 3.23. The van der Waals surface area contributed by atoms with E-state index >= 15 is 0 Å². The standard InChI is InChI=1S/C14H22NO8P/c1-11(15-7-5-4-6-13(15)16)22-14(9-19-2)10-21-8-12(14)23-24(17,18)20-3/h4-7,11-12H,8-10H2,1-3H3,(H,17,18)/t11?,12-,14+/m1/s1. The van der Waals surface area contributed by atoms with E-state index < -0.39 is 25.8 Å². The molecule has 2 heterocycles. The van der Waals surface area contributed by atoms with Gasteiger partial charge in [0.2, 0.25) is 0 Å². The number of ether oxygens (including phenoxy) is 3. The van der Waals surface area contributed by atoms with Gasteiger partial charge in [-0.15, -0.1) is 0 Å². The highest BCUT2D eigenvalue weighted by Crippen LogP contribution is 2.47. The van der Waals surface area contributed by atoms with Gasteiger partial charge in [-0.2, -0.15) is 0 Å². The topological polar surface area (TPSA) is 105 Å². The van der Waals surface area contributed by atoms with E-state index in [-0.39, 0.29) is 25.4 Å². The van der Waals surface area contributed by atoms with Crippen LogP contribution in [0, 0.1) is 0 Å². The van der Waals surface area contributed by atoms with Gasteiger partial charge in [0.1, 0.15) is 17.9 Å². The monoisotopic (exact) mass is 363 g/mol. The normalized spacial score (nSPS) is 27.8. The van der Waals surface area contributed by atoms with Gasteiger partial charge in [-0.1, -0.05) is 6.07 Å². The summed E-state index contributed by atoms with van der Waals surface area (Å²) in [5.74, 6) is 0. The lowest BCUT2D eigenvalue weighted by molar-refractivity contribution is -0.177. The van der Waals surface area contributed by atoms with Gasteiger partial charge in [0.05, 0.1) is 19.8 Å². The Morgan fingerprint density at radius 1 is 1.50 bits per heavy atom. The number of rotatable bonds is 8. The third-order valence-corrected chi connectivity index (χ3v) is 4.71. The largest absolute Gasteiger partial charge is 0.472 e. The fraction of sp³-hybridized carbons (Fsp3) is 0.643. The van der Waals surface area contributed by atoms with E-state index in [1.807, 2.05) is 0 Å². The molecule has 10 heteroatoms. The van der Waals surface area contributed by atoms with Crippen LogP contribution in [0.15, 0.2) is 29.2 Å². The maximum atomic E-state index is 11.9. The summed E-state index contributed by atoms with van der Waals surface area (Å²) in [6, 6.07) is 4.74. The predicted molar refractivity (Wildman–Crippen MR) is 83.6 cm³/mol. The van der Waals surface area contributed by atoms with E-state index in [0.717, 1.165) is 7.11 Å². The molecule has 0 aliphatic carbocycles. The molecular weight excluding hydrogens is 341 g/mol. The van der Waals surface area contributed by atoms with Gasteiger partial charge in [0, 0.05) is 26.5 Å². The minimum absolute atomic E-state index is 0.0354. The number of phosphoric acid groups is 1. The van der Waals surface area contributed by atoms with Gasteiger partial charge in [0.15, 0.2) is 0 Å². The third kappa shape index (κ3) is 4.31. The molecule has 1 aromatic rings. The number of methoxy groups -OCH3 is 1. The first-order chi connectivity index (χ1) is 11.3. The second kappa shape index (κ2) is 7.88. The quantitative estimate of drug-likeness (QED) is 0.680. The van der Waals surface area contributed by atoms with Crippen molar-refractivity contribution in [3.63, 3.8) is 0 Å². The van der Waals surface area contributed by atoms with Gasteiger partial charge in [-0.05, 0) is 13.0 Å². The average Bonchev–Trinajstić information content (AvgIpc) is 2.89. The molecule has 9 nitrogen and oxygen atoms in total. The van der Waals surface area contributed by atoms with Crippen molar-refractivity contribution in [3.05, 3.63) is 34.7 Å². The Morgan fingerprint density at radius 2 is 2.25 bits per heavy atom. The minimum Gasteiger partial charge on any atom is -0.381 e. The first-order valence-electron chi connectivity index (χ1n) is 7.32. The highest BCUT2D eigenvalue weighted by atomic mass is 31.2. The van der Waals surface area contributed by atoms with Crippen molar-refractivity contribution in [2.75, 3.05) is 34.0 Å². The smallest absolute Gasteiger partial charge is 0.381 e. The lowest BCUT2D eigenvalue weighted by Gasteiger charge is -2.35. The Bertz CT molecular complexity index is 650. The van der Waals surface area contributed by atoms with Crippen molar-refractivity contribution < 1.29 is 32.7 Å². The van der Waals surface area contributed by atoms with Gasteiger partial charge < -0.3 is 19.1 Å². The molecule has 1 aliphatic rings. The second-order valence-corrected chi connectivity index (χ2v) is 6.93. The molecule has 0 aromatic carbocycles. The zero-order valence-electron chi connectivity index (χ0n) is 13.8. The summed E-state index contributed by atoms with van der Waals surface area (Å²) in [7, 11) is -1.70. The van der Waals surface area contributed by atoms with Gasteiger partial charge in [0.25, 0.3) is 5.56 Å². The SMILES string of the molecule is COC[C@]1(OC(C)n2ccccc2=O)COC[C@H]1OP(=O)(O)OC. The Morgan fingerprint density at radius 3 is 2.88 bits per heavy atom. The second-order valence-electron chi connectivity index (χ2n) is 5.42. The third-order valence-electron chi connectivity index (χ3n) is 3.73. The van der Waals surface area contributed by atoms with Crippen LogP contribution in [-0.4, -0.2) is 55.2 Å². The van der Waals surface area contributed by atoms with Crippen LogP contribution < -0.4 is 5.56 Å². The maximum Gasteiger partial charge on any atom is 0.472 e. The summed E-state index contributed by atoms with van der Waals surface area (Å²) in [6.45, 7) is 1.85. The number of hydrogen-bond donors (Lipinski definition) is 1. The Balaban J connectivity index is 2.24. The van der Waals surface area contributed by atoms with E-state index in [1.165, 1.54) is 17.7 Å². The van der Waals surface area contributed by atoms with Gasteiger partial charge >= 0.3 is 7.82 Å². The van der Waals surface area contributed by atoms with Crippen molar-refractivity contribution >= 4 is 7.82 Å². The molecule has 1 aliphatic heterocycles.